The normalized spacial score (nSPS) is 11.2. The van der Waals surface area contributed by atoms with Gasteiger partial charge in [-0.05, 0) is 31.2 Å². The Hall–Kier alpha value is -2.18. The van der Waals surface area contributed by atoms with Gasteiger partial charge in [0.05, 0.1) is 16.0 Å². The molecule has 0 saturated carbocycles. The van der Waals surface area contributed by atoms with Gasteiger partial charge in [-0.15, -0.1) is 11.3 Å². The Morgan fingerprint density at radius 3 is 2.70 bits per heavy atom. The highest BCUT2D eigenvalue weighted by atomic mass is 32.2. The van der Waals surface area contributed by atoms with Crippen molar-refractivity contribution in [3.05, 3.63) is 59.9 Å². The van der Waals surface area contributed by atoms with E-state index in [1.54, 1.807) is 23.1 Å². The molecule has 0 unspecified atom stereocenters. The Morgan fingerprint density at radius 2 is 1.87 bits per heavy atom. The lowest BCUT2D eigenvalue weighted by Crippen LogP contribution is -1.84. The first kappa shape index (κ1) is 14.4. The van der Waals surface area contributed by atoms with Crippen LogP contribution in [0.2, 0.25) is 0 Å². The molecule has 0 fully saturated rings. The molecule has 0 amide bonds. The summed E-state index contributed by atoms with van der Waals surface area (Å²) in [7, 11) is 0. The average molecular weight is 339 g/mol. The number of hydrogen-bond acceptors (Lipinski definition) is 6. The summed E-state index contributed by atoms with van der Waals surface area (Å²) in [6.07, 6.45) is 0. The largest absolute Gasteiger partial charge is 0.334 e. The first-order valence-electron chi connectivity index (χ1n) is 7.16. The summed E-state index contributed by atoms with van der Waals surface area (Å²) in [4.78, 5) is 9.06. The predicted octanol–water partition coefficient (Wildman–Crippen LogP) is 4.95. The second kappa shape index (κ2) is 6.14. The van der Waals surface area contributed by atoms with Crippen LogP contribution in [0.15, 0.2) is 57.4 Å². The van der Waals surface area contributed by atoms with Crippen LogP contribution in [0.3, 0.4) is 0 Å². The molecule has 0 saturated heterocycles. The third-order valence-electron chi connectivity index (χ3n) is 3.37. The first-order chi connectivity index (χ1) is 11.3. The average Bonchev–Trinajstić information content (AvgIpc) is 3.20. The minimum atomic E-state index is 0.560. The van der Waals surface area contributed by atoms with Crippen molar-refractivity contribution < 1.29 is 4.52 Å². The lowest BCUT2D eigenvalue weighted by molar-refractivity contribution is 0.425. The van der Waals surface area contributed by atoms with Crippen LogP contribution in [0.4, 0.5) is 0 Å². The van der Waals surface area contributed by atoms with E-state index in [9.17, 15) is 0 Å². The summed E-state index contributed by atoms with van der Waals surface area (Å²) < 4.78 is 7.57. The summed E-state index contributed by atoms with van der Waals surface area (Å²) in [5.41, 5.74) is 3.19. The van der Waals surface area contributed by atoms with E-state index in [4.69, 9.17) is 4.52 Å². The molecule has 2 heterocycles. The molecule has 2 aromatic heterocycles. The molecule has 23 heavy (non-hydrogen) atoms. The quantitative estimate of drug-likeness (QED) is 0.493. The molecular formula is C17H13N3OS2. The van der Waals surface area contributed by atoms with Crippen LogP contribution < -0.4 is 0 Å². The van der Waals surface area contributed by atoms with Gasteiger partial charge in [0.15, 0.2) is 10.2 Å². The van der Waals surface area contributed by atoms with Gasteiger partial charge in [0.25, 0.3) is 5.89 Å². The van der Waals surface area contributed by atoms with E-state index in [1.165, 1.54) is 10.3 Å². The van der Waals surface area contributed by atoms with Crippen molar-refractivity contribution in [2.24, 2.45) is 0 Å². The van der Waals surface area contributed by atoms with Crippen molar-refractivity contribution >= 4 is 33.3 Å². The Kier molecular flexibility index (Phi) is 3.85. The van der Waals surface area contributed by atoms with Gasteiger partial charge >= 0.3 is 0 Å². The number of fused-ring (bicyclic) bond motifs is 1. The Bertz CT molecular complexity index is 911. The molecule has 0 bridgehead atoms. The van der Waals surface area contributed by atoms with Gasteiger partial charge in [-0.1, -0.05) is 46.7 Å². The minimum absolute atomic E-state index is 0.560. The smallest absolute Gasteiger partial charge is 0.257 e. The highest BCUT2D eigenvalue weighted by Crippen LogP contribution is 2.31. The molecular weight excluding hydrogens is 326 g/mol. The van der Waals surface area contributed by atoms with E-state index in [0.29, 0.717) is 17.5 Å². The van der Waals surface area contributed by atoms with Crippen LogP contribution >= 0.6 is 23.1 Å². The Balaban J connectivity index is 1.48. The zero-order valence-electron chi connectivity index (χ0n) is 12.4. The zero-order chi connectivity index (χ0) is 15.6. The molecule has 0 atom stereocenters. The molecule has 0 aliphatic heterocycles. The van der Waals surface area contributed by atoms with Crippen LogP contribution in [-0.2, 0) is 5.75 Å². The van der Waals surface area contributed by atoms with Gasteiger partial charge in [0.1, 0.15) is 0 Å². The van der Waals surface area contributed by atoms with E-state index in [0.717, 1.165) is 15.4 Å². The summed E-state index contributed by atoms with van der Waals surface area (Å²) in [6, 6.07) is 16.2. The molecule has 0 N–H and O–H groups in total. The molecule has 114 valence electrons. The Morgan fingerprint density at radius 1 is 1.04 bits per heavy atom. The topological polar surface area (TPSA) is 51.8 Å². The van der Waals surface area contributed by atoms with Gasteiger partial charge in [-0.3, -0.25) is 0 Å². The van der Waals surface area contributed by atoms with Crippen LogP contribution in [0.1, 0.15) is 11.4 Å². The SMILES string of the molecule is Cc1ccc(-c2nc(CSc3nc4ccccc4s3)no2)cc1. The van der Waals surface area contributed by atoms with Gasteiger partial charge in [-0.2, -0.15) is 4.98 Å². The summed E-state index contributed by atoms with van der Waals surface area (Å²) >= 11 is 3.32. The fourth-order valence-electron chi connectivity index (χ4n) is 2.17. The molecule has 0 radical (unpaired) electrons. The van der Waals surface area contributed by atoms with Gasteiger partial charge in [0.2, 0.25) is 0 Å². The maximum absolute atomic E-state index is 5.35. The Labute approximate surface area is 141 Å². The third-order valence-corrected chi connectivity index (χ3v) is 5.54. The monoisotopic (exact) mass is 339 g/mol. The number of aryl methyl sites for hydroxylation is 1. The maximum atomic E-state index is 5.35. The number of benzene rings is 2. The molecule has 4 rings (SSSR count). The molecule has 6 heteroatoms. The number of thioether (sulfide) groups is 1. The van der Waals surface area contributed by atoms with Crippen LogP contribution in [0.5, 0.6) is 0 Å². The first-order valence-corrected chi connectivity index (χ1v) is 8.96. The fourth-order valence-corrected chi connectivity index (χ4v) is 4.08. The maximum Gasteiger partial charge on any atom is 0.257 e. The number of hydrogen-bond donors (Lipinski definition) is 0. The van der Waals surface area contributed by atoms with Crippen molar-refractivity contribution in [2.45, 2.75) is 17.0 Å². The number of para-hydroxylation sites is 1. The van der Waals surface area contributed by atoms with E-state index in [2.05, 4.69) is 28.1 Å². The lowest BCUT2D eigenvalue weighted by atomic mass is 10.1. The zero-order valence-corrected chi connectivity index (χ0v) is 14.0. The van der Waals surface area contributed by atoms with E-state index < -0.39 is 0 Å². The number of thiazole rings is 1. The molecule has 4 nitrogen and oxygen atoms in total. The highest BCUT2D eigenvalue weighted by molar-refractivity contribution is 8.00. The highest BCUT2D eigenvalue weighted by Gasteiger charge is 2.10. The van der Waals surface area contributed by atoms with E-state index in [1.807, 2.05) is 42.5 Å². The van der Waals surface area contributed by atoms with Crippen molar-refractivity contribution in [2.75, 3.05) is 0 Å². The van der Waals surface area contributed by atoms with E-state index >= 15 is 0 Å². The standard InChI is InChI=1S/C17H13N3OS2/c1-11-6-8-12(9-7-11)16-19-15(20-21-16)10-22-17-18-13-4-2-3-5-14(13)23-17/h2-9H,10H2,1H3. The predicted molar refractivity (Wildman–Crippen MR) is 93.7 cm³/mol. The summed E-state index contributed by atoms with van der Waals surface area (Å²) in [5, 5.41) is 4.05. The second-order valence-corrected chi connectivity index (χ2v) is 7.37. The van der Waals surface area contributed by atoms with Crippen molar-refractivity contribution in [3.63, 3.8) is 0 Å². The van der Waals surface area contributed by atoms with E-state index in [-0.39, 0.29) is 0 Å². The second-order valence-electron chi connectivity index (χ2n) is 5.12. The number of rotatable bonds is 4. The molecule has 4 aromatic rings. The summed E-state index contributed by atoms with van der Waals surface area (Å²) in [6.45, 7) is 2.05. The molecule has 0 aliphatic carbocycles. The number of nitrogens with zero attached hydrogens (tertiary/aromatic N) is 3. The van der Waals surface area contributed by atoms with Crippen molar-refractivity contribution in [1.82, 2.24) is 15.1 Å². The molecule has 0 aliphatic rings. The molecule has 0 spiro atoms. The molecule has 2 aromatic carbocycles. The number of aromatic nitrogens is 3. The van der Waals surface area contributed by atoms with Crippen LogP contribution in [-0.4, -0.2) is 15.1 Å². The van der Waals surface area contributed by atoms with Crippen LogP contribution in [0, 0.1) is 6.92 Å². The van der Waals surface area contributed by atoms with Gasteiger partial charge in [-0.25, -0.2) is 4.98 Å². The van der Waals surface area contributed by atoms with Gasteiger partial charge in [0, 0.05) is 5.56 Å². The minimum Gasteiger partial charge on any atom is -0.334 e. The van der Waals surface area contributed by atoms with Gasteiger partial charge < -0.3 is 4.52 Å². The van der Waals surface area contributed by atoms with Crippen molar-refractivity contribution in [1.29, 1.82) is 0 Å². The van der Waals surface area contributed by atoms with Crippen molar-refractivity contribution in [3.8, 4) is 11.5 Å². The third kappa shape index (κ3) is 3.13. The lowest BCUT2D eigenvalue weighted by Gasteiger charge is -1.94. The summed E-state index contributed by atoms with van der Waals surface area (Å²) in [5.74, 6) is 1.89. The van der Waals surface area contributed by atoms with Crippen LogP contribution in [0.25, 0.3) is 21.7 Å². The fraction of sp³-hybridized carbons (Fsp3) is 0.118.